The summed E-state index contributed by atoms with van der Waals surface area (Å²) in [5.74, 6) is 1.18. The molecule has 8 heteroatoms. The van der Waals surface area contributed by atoms with Crippen LogP contribution in [0, 0.1) is 0 Å². The molecule has 0 fully saturated rings. The lowest BCUT2D eigenvalue weighted by Gasteiger charge is -2.25. The first-order valence-corrected chi connectivity index (χ1v) is 13.8. The van der Waals surface area contributed by atoms with Gasteiger partial charge < -0.3 is 14.2 Å². The molecule has 0 spiro atoms. The van der Waals surface area contributed by atoms with Gasteiger partial charge in [-0.2, -0.15) is 0 Å². The largest absolute Gasteiger partial charge is 0.490 e. The number of esters is 1. The van der Waals surface area contributed by atoms with E-state index in [0.717, 1.165) is 11.1 Å². The van der Waals surface area contributed by atoms with Gasteiger partial charge in [-0.25, -0.2) is 9.79 Å². The third-order valence-corrected chi connectivity index (χ3v) is 7.28. The fourth-order valence-corrected chi connectivity index (χ4v) is 5.53. The summed E-state index contributed by atoms with van der Waals surface area (Å²) >= 11 is 1.30. The van der Waals surface area contributed by atoms with Crippen molar-refractivity contribution in [2.45, 2.75) is 53.5 Å². The van der Waals surface area contributed by atoms with E-state index in [1.165, 1.54) is 16.9 Å². The molecule has 1 atom stereocenters. The maximum Gasteiger partial charge on any atom is 0.338 e. The number of benzene rings is 2. The lowest BCUT2D eigenvalue weighted by molar-refractivity contribution is -0.139. The highest BCUT2D eigenvalue weighted by molar-refractivity contribution is 7.07. The van der Waals surface area contributed by atoms with Crippen molar-refractivity contribution in [3.05, 3.63) is 90.1 Å². The molecule has 3 aromatic rings. The Labute approximate surface area is 226 Å². The highest BCUT2D eigenvalue weighted by Crippen LogP contribution is 2.32. The number of rotatable bonds is 9. The number of carbonyl (C=O) groups excluding carboxylic acids is 1. The van der Waals surface area contributed by atoms with Gasteiger partial charge in [0.05, 0.1) is 41.7 Å². The fraction of sp³-hybridized carbons (Fsp3) is 0.367. The number of fused-ring (bicyclic) bond motifs is 1. The molecule has 0 saturated heterocycles. The summed E-state index contributed by atoms with van der Waals surface area (Å²) < 4.78 is 18.9. The molecule has 0 saturated carbocycles. The van der Waals surface area contributed by atoms with Crippen molar-refractivity contribution >= 4 is 23.4 Å². The summed E-state index contributed by atoms with van der Waals surface area (Å²) in [5, 5.41) is 0. The second kappa shape index (κ2) is 11.8. The predicted octanol–water partition coefficient (Wildman–Crippen LogP) is 4.72. The quantitative estimate of drug-likeness (QED) is 0.371. The number of hydrogen-bond acceptors (Lipinski definition) is 7. The highest BCUT2D eigenvalue weighted by atomic mass is 32.1. The molecule has 2 aromatic carbocycles. The van der Waals surface area contributed by atoms with E-state index < -0.39 is 12.0 Å². The molecule has 38 heavy (non-hydrogen) atoms. The first-order valence-electron chi connectivity index (χ1n) is 13.0. The van der Waals surface area contributed by atoms with Crippen LogP contribution in [0.5, 0.6) is 11.5 Å². The van der Waals surface area contributed by atoms with Crippen LogP contribution in [-0.2, 0) is 9.53 Å². The topological polar surface area (TPSA) is 79.1 Å². The molecule has 0 bridgehead atoms. The second-order valence-corrected chi connectivity index (χ2v) is 10.2. The lowest BCUT2D eigenvalue weighted by Crippen LogP contribution is -2.39. The standard InChI is InChI=1S/C30H34N2O5S/c1-7-35-23-15-10-20(16-24(23)36-8-2)17-25-28(33)32-27(22-13-11-21(12-14-22)18(4)5)26(29(34)37-9-3)19(6)31-30(32)38-25/h10-18,27H,7-9H2,1-6H3/b25-17-/t27-/m1/s1. The maximum atomic E-state index is 13.8. The number of hydrogen-bond donors (Lipinski definition) is 0. The van der Waals surface area contributed by atoms with Crippen LogP contribution >= 0.6 is 11.3 Å². The minimum atomic E-state index is -0.632. The van der Waals surface area contributed by atoms with Crippen LogP contribution in [0.1, 0.15) is 70.2 Å². The Morgan fingerprint density at radius 1 is 1.03 bits per heavy atom. The van der Waals surface area contributed by atoms with Crippen LogP contribution in [0.3, 0.4) is 0 Å². The second-order valence-electron chi connectivity index (χ2n) is 9.20. The Morgan fingerprint density at radius 3 is 2.34 bits per heavy atom. The van der Waals surface area contributed by atoms with Crippen molar-refractivity contribution in [3.63, 3.8) is 0 Å². The molecule has 0 N–H and O–H groups in total. The van der Waals surface area contributed by atoms with Crippen molar-refractivity contribution in [2.24, 2.45) is 4.99 Å². The fourth-order valence-electron chi connectivity index (χ4n) is 4.48. The van der Waals surface area contributed by atoms with Crippen LogP contribution in [-0.4, -0.2) is 30.4 Å². The van der Waals surface area contributed by atoms with Crippen LogP contribution in [0.15, 0.2) is 63.5 Å². The van der Waals surface area contributed by atoms with E-state index in [9.17, 15) is 9.59 Å². The van der Waals surface area contributed by atoms with Gasteiger partial charge in [-0.3, -0.25) is 9.36 Å². The molecule has 1 aliphatic heterocycles. The van der Waals surface area contributed by atoms with Crippen molar-refractivity contribution in [3.8, 4) is 11.5 Å². The Balaban J connectivity index is 1.88. The van der Waals surface area contributed by atoms with E-state index in [2.05, 4.69) is 18.8 Å². The molecule has 0 unspecified atom stereocenters. The third-order valence-electron chi connectivity index (χ3n) is 6.30. The maximum absolute atomic E-state index is 13.8. The van der Waals surface area contributed by atoms with Crippen molar-refractivity contribution in [2.75, 3.05) is 19.8 Å². The summed E-state index contributed by atoms with van der Waals surface area (Å²) in [5.41, 5.74) is 3.53. The molecular formula is C30H34N2O5S. The summed E-state index contributed by atoms with van der Waals surface area (Å²) in [7, 11) is 0. The molecule has 2 heterocycles. The Morgan fingerprint density at radius 2 is 1.71 bits per heavy atom. The Bertz CT molecular complexity index is 1530. The minimum absolute atomic E-state index is 0.215. The normalized spacial score (nSPS) is 15.3. The van der Waals surface area contributed by atoms with Crippen molar-refractivity contribution < 1.29 is 19.0 Å². The number of thiazole rings is 1. The minimum Gasteiger partial charge on any atom is -0.490 e. The van der Waals surface area contributed by atoms with Gasteiger partial charge in [-0.15, -0.1) is 0 Å². The summed E-state index contributed by atoms with van der Waals surface area (Å²) in [6.45, 7) is 12.9. The zero-order valence-electron chi connectivity index (χ0n) is 22.7. The van der Waals surface area contributed by atoms with Crippen molar-refractivity contribution in [1.82, 2.24) is 4.57 Å². The van der Waals surface area contributed by atoms with E-state index >= 15 is 0 Å². The first kappa shape index (κ1) is 27.4. The van der Waals surface area contributed by atoms with Crippen LogP contribution in [0.25, 0.3) is 6.08 Å². The van der Waals surface area contributed by atoms with Gasteiger partial charge in [-0.1, -0.05) is 55.5 Å². The van der Waals surface area contributed by atoms with Crippen LogP contribution in [0.4, 0.5) is 0 Å². The molecule has 1 aromatic heterocycles. The number of aromatic nitrogens is 1. The number of nitrogens with zero attached hydrogens (tertiary/aromatic N) is 2. The lowest BCUT2D eigenvalue weighted by atomic mass is 9.93. The summed E-state index contributed by atoms with van der Waals surface area (Å²) in [6, 6.07) is 13.0. The molecule has 0 amide bonds. The predicted molar refractivity (Wildman–Crippen MR) is 150 cm³/mol. The van der Waals surface area contributed by atoms with Crippen LogP contribution < -0.4 is 24.4 Å². The van der Waals surface area contributed by atoms with E-state index in [1.54, 1.807) is 18.4 Å². The summed E-state index contributed by atoms with van der Waals surface area (Å²) in [4.78, 5) is 32.1. The number of carbonyl (C=O) groups is 1. The van der Waals surface area contributed by atoms with Gasteiger partial charge in [-0.05, 0) is 68.5 Å². The van der Waals surface area contributed by atoms with E-state index in [4.69, 9.17) is 14.2 Å². The molecule has 0 radical (unpaired) electrons. The molecule has 0 aliphatic carbocycles. The Hall–Kier alpha value is -3.65. The highest BCUT2D eigenvalue weighted by Gasteiger charge is 2.33. The summed E-state index contributed by atoms with van der Waals surface area (Å²) in [6.07, 6.45) is 1.82. The smallest absolute Gasteiger partial charge is 0.338 e. The van der Waals surface area contributed by atoms with Crippen LogP contribution in [0.2, 0.25) is 0 Å². The van der Waals surface area contributed by atoms with Gasteiger partial charge >= 0.3 is 5.97 Å². The molecule has 1 aliphatic rings. The van der Waals surface area contributed by atoms with Gasteiger partial charge in [0, 0.05) is 0 Å². The van der Waals surface area contributed by atoms with Gasteiger partial charge in [0.1, 0.15) is 0 Å². The SMILES string of the molecule is CCOC(=O)C1=C(C)N=c2s/c(=C\c3ccc(OCC)c(OCC)c3)c(=O)n2[C@@H]1c1ccc(C(C)C)cc1. The molecular weight excluding hydrogens is 500 g/mol. The van der Waals surface area contributed by atoms with E-state index in [-0.39, 0.29) is 12.2 Å². The van der Waals surface area contributed by atoms with Gasteiger partial charge in [0.2, 0.25) is 0 Å². The zero-order chi connectivity index (χ0) is 27.4. The first-order chi connectivity index (χ1) is 18.3. The zero-order valence-corrected chi connectivity index (χ0v) is 23.6. The van der Waals surface area contributed by atoms with Gasteiger partial charge in [0.25, 0.3) is 5.56 Å². The molecule has 200 valence electrons. The van der Waals surface area contributed by atoms with Gasteiger partial charge in [0.15, 0.2) is 16.3 Å². The monoisotopic (exact) mass is 534 g/mol. The number of ether oxygens (including phenoxy) is 3. The third kappa shape index (κ3) is 5.45. The molecule has 7 nitrogen and oxygen atoms in total. The number of allylic oxidation sites excluding steroid dienone is 1. The van der Waals surface area contributed by atoms with E-state index in [0.29, 0.717) is 51.2 Å². The van der Waals surface area contributed by atoms with Crippen molar-refractivity contribution in [1.29, 1.82) is 0 Å². The van der Waals surface area contributed by atoms with E-state index in [1.807, 2.05) is 62.4 Å². The average Bonchev–Trinajstić information content (AvgIpc) is 3.19. The molecule has 4 rings (SSSR count). The Kier molecular flexibility index (Phi) is 8.52. The average molecular weight is 535 g/mol.